The largest absolute Gasteiger partial charge is 0.380 e. The molecule has 5 rings (SSSR count). The smallest absolute Gasteiger partial charge is 0.254 e. The molecule has 1 unspecified atom stereocenters. The van der Waals surface area contributed by atoms with Gasteiger partial charge in [0.1, 0.15) is 5.60 Å². The van der Waals surface area contributed by atoms with Crippen LogP contribution >= 0.6 is 0 Å². The van der Waals surface area contributed by atoms with E-state index in [1.807, 2.05) is 30.0 Å². The molecule has 1 aromatic carbocycles. The Bertz CT molecular complexity index is 1040. The molecule has 0 aromatic heterocycles. The molecule has 1 atom stereocenters. The summed E-state index contributed by atoms with van der Waals surface area (Å²) in [5, 5.41) is 9.95. The average Bonchev–Trinajstić information content (AvgIpc) is 3.75. The van der Waals surface area contributed by atoms with Crippen LogP contribution in [0.25, 0.3) is 0 Å². The van der Waals surface area contributed by atoms with Crippen molar-refractivity contribution in [3.05, 3.63) is 29.8 Å². The molecule has 0 spiro atoms. The fourth-order valence-corrected chi connectivity index (χ4v) is 7.22. The van der Waals surface area contributed by atoms with E-state index in [-0.39, 0.29) is 34.9 Å². The number of nitrogens with zero attached hydrogens (tertiary/aromatic N) is 2. The summed E-state index contributed by atoms with van der Waals surface area (Å²) >= 11 is 0. The van der Waals surface area contributed by atoms with Crippen LogP contribution in [0.5, 0.6) is 0 Å². The Hall–Kier alpha value is -1.93. The lowest BCUT2D eigenvalue weighted by Crippen LogP contribution is -2.58. The lowest BCUT2D eigenvalue weighted by Gasteiger charge is -2.42. The monoisotopic (exact) mass is 474 g/mol. The Balaban J connectivity index is 1.16. The van der Waals surface area contributed by atoms with Crippen molar-refractivity contribution in [2.24, 2.45) is 5.92 Å². The SMILES string of the molecule is CC1CN(C(=O)C2CCC(c3cccc(S(=O)(=O)C4CC4)c3)CC2)CCN1C(=O)C1(O)CC1. The second kappa shape index (κ2) is 8.38. The summed E-state index contributed by atoms with van der Waals surface area (Å²) in [5.41, 5.74) is -0.0879. The summed E-state index contributed by atoms with van der Waals surface area (Å²) in [4.78, 5) is 29.8. The van der Waals surface area contributed by atoms with Gasteiger partial charge in [0.15, 0.2) is 9.84 Å². The van der Waals surface area contributed by atoms with Gasteiger partial charge in [-0.25, -0.2) is 8.42 Å². The number of piperazine rings is 1. The summed E-state index contributed by atoms with van der Waals surface area (Å²) in [6.45, 7) is 3.46. The molecular weight excluding hydrogens is 440 g/mol. The first-order valence-corrected chi connectivity index (χ1v) is 13.9. The Morgan fingerprint density at radius 1 is 1.03 bits per heavy atom. The maximum Gasteiger partial charge on any atom is 0.254 e. The molecule has 0 radical (unpaired) electrons. The van der Waals surface area contributed by atoms with E-state index in [1.165, 1.54) is 0 Å². The first-order valence-electron chi connectivity index (χ1n) is 12.4. The molecule has 2 amide bonds. The third-order valence-corrected chi connectivity index (χ3v) is 10.3. The maximum atomic E-state index is 13.2. The highest BCUT2D eigenvalue weighted by Crippen LogP contribution is 2.40. The summed E-state index contributed by atoms with van der Waals surface area (Å²) in [6.07, 6.45) is 5.97. The first-order chi connectivity index (χ1) is 15.7. The predicted molar refractivity (Wildman–Crippen MR) is 123 cm³/mol. The predicted octanol–water partition coefficient (Wildman–Crippen LogP) is 2.48. The molecule has 0 bridgehead atoms. The van der Waals surface area contributed by atoms with Crippen LogP contribution in [0.1, 0.15) is 69.8 Å². The lowest BCUT2D eigenvalue weighted by atomic mass is 9.78. The fraction of sp³-hybridized carbons (Fsp3) is 0.680. The van der Waals surface area contributed by atoms with E-state index < -0.39 is 15.4 Å². The van der Waals surface area contributed by atoms with Crippen LogP contribution in [0.4, 0.5) is 0 Å². The van der Waals surface area contributed by atoms with Crippen molar-refractivity contribution in [1.82, 2.24) is 9.80 Å². The number of carbonyl (C=O) groups is 2. The zero-order chi connectivity index (χ0) is 23.4. The zero-order valence-electron chi connectivity index (χ0n) is 19.3. The highest BCUT2D eigenvalue weighted by Gasteiger charge is 2.51. The van der Waals surface area contributed by atoms with Crippen LogP contribution in [0, 0.1) is 5.92 Å². The van der Waals surface area contributed by atoms with E-state index in [4.69, 9.17) is 0 Å². The zero-order valence-corrected chi connectivity index (χ0v) is 20.1. The van der Waals surface area contributed by atoms with Crippen LogP contribution < -0.4 is 0 Å². The molecule has 33 heavy (non-hydrogen) atoms. The molecule has 1 N–H and O–H groups in total. The van der Waals surface area contributed by atoms with Crippen molar-refractivity contribution in [1.29, 1.82) is 0 Å². The topological polar surface area (TPSA) is 95.0 Å². The van der Waals surface area contributed by atoms with Gasteiger partial charge in [0.25, 0.3) is 5.91 Å². The molecule has 1 aliphatic heterocycles. The van der Waals surface area contributed by atoms with E-state index in [2.05, 4.69) is 0 Å². The second-order valence-corrected chi connectivity index (χ2v) is 12.8. The van der Waals surface area contributed by atoms with E-state index in [9.17, 15) is 23.1 Å². The number of amides is 2. The Labute approximate surface area is 196 Å². The minimum absolute atomic E-state index is 0.0123. The van der Waals surface area contributed by atoms with E-state index in [0.29, 0.717) is 37.4 Å². The number of hydrogen-bond acceptors (Lipinski definition) is 5. The van der Waals surface area contributed by atoms with Crippen LogP contribution in [0.2, 0.25) is 0 Å². The van der Waals surface area contributed by atoms with Gasteiger partial charge in [-0.3, -0.25) is 9.59 Å². The Morgan fingerprint density at radius 3 is 2.33 bits per heavy atom. The third kappa shape index (κ3) is 4.44. The maximum absolute atomic E-state index is 13.2. The van der Waals surface area contributed by atoms with Crippen LogP contribution in [0.15, 0.2) is 29.2 Å². The van der Waals surface area contributed by atoms with E-state index in [1.54, 1.807) is 11.0 Å². The Morgan fingerprint density at radius 2 is 1.73 bits per heavy atom. The third-order valence-electron chi connectivity index (χ3n) is 8.02. The molecule has 3 aliphatic carbocycles. The fourth-order valence-electron chi connectivity index (χ4n) is 5.51. The molecule has 8 heteroatoms. The second-order valence-electron chi connectivity index (χ2n) is 10.5. The van der Waals surface area contributed by atoms with Crippen molar-refractivity contribution in [3.63, 3.8) is 0 Å². The molecule has 1 saturated heterocycles. The first kappa shape index (κ1) is 22.8. The molecule has 4 aliphatic rings. The minimum Gasteiger partial charge on any atom is -0.380 e. The summed E-state index contributed by atoms with van der Waals surface area (Å²) < 4.78 is 25.2. The van der Waals surface area contributed by atoms with Gasteiger partial charge in [-0.1, -0.05) is 12.1 Å². The quantitative estimate of drug-likeness (QED) is 0.708. The number of aliphatic hydroxyl groups is 1. The van der Waals surface area contributed by atoms with E-state index in [0.717, 1.165) is 44.1 Å². The molecule has 7 nitrogen and oxygen atoms in total. The van der Waals surface area contributed by atoms with Gasteiger partial charge < -0.3 is 14.9 Å². The van der Waals surface area contributed by atoms with Gasteiger partial charge in [0, 0.05) is 31.6 Å². The molecule has 180 valence electrons. The average molecular weight is 475 g/mol. The van der Waals surface area contributed by atoms with Gasteiger partial charge in [0.2, 0.25) is 5.91 Å². The number of sulfone groups is 1. The number of rotatable bonds is 5. The summed E-state index contributed by atoms with van der Waals surface area (Å²) in [6, 6.07) is 7.34. The van der Waals surface area contributed by atoms with Gasteiger partial charge in [-0.2, -0.15) is 0 Å². The van der Waals surface area contributed by atoms with Crippen molar-refractivity contribution in [2.45, 2.75) is 86.0 Å². The normalized spacial score (nSPS) is 29.6. The van der Waals surface area contributed by atoms with Gasteiger partial charge in [-0.15, -0.1) is 0 Å². The molecular formula is C25H34N2O5S. The van der Waals surface area contributed by atoms with Crippen molar-refractivity contribution >= 4 is 21.7 Å². The summed E-state index contributed by atoms with van der Waals surface area (Å²) in [5.74, 6) is 0.258. The van der Waals surface area contributed by atoms with Crippen molar-refractivity contribution in [2.75, 3.05) is 19.6 Å². The molecule has 3 saturated carbocycles. The Kier molecular flexibility index (Phi) is 5.80. The minimum atomic E-state index is -3.19. The van der Waals surface area contributed by atoms with Crippen LogP contribution in [-0.2, 0) is 19.4 Å². The standard InChI is InChI=1S/C25H34N2O5S/c1-17-16-26(13-14-27(17)24(29)25(30)11-12-25)23(28)19-7-5-18(6-8-19)20-3-2-4-22(15-20)33(31,32)21-9-10-21/h2-4,15,17-19,21,30H,5-14,16H2,1H3. The van der Waals surface area contributed by atoms with E-state index >= 15 is 0 Å². The molecule has 4 fully saturated rings. The highest BCUT2D eigenvalue weighted by atomic mass is 32.2. The van der Waals surface area contributed by atoms with Crippen molar-refractivity contribution < 1.29 is 23.1 Å². The van der Waals surface area contributed by atoms with Crippen molar-refractivity contribution in [3.8, 4) is 0 Å². The lowest BCUT2D eigenvalue weighted by molar-refractivity contribution is -0.152. The number of carbonyl (C=O) groups excluding carboxylic acids is 2. The van der Waals surface area contributed by atoms with Gasteiger partial charge in [0.05, 0.1) is 10.1 Å². The van der Waals surface area contributed by atoms with Crippen LogP contribution in [0.3, 0.4) is 0 Å². The van der Waals surface area contributed by atoms with Gasteiger partial charge >= 0.3 is 0 Å². The van der Waals surface area contributed by atoms with Gasteiger partial charge in [-0.05, 0) is 81.9 Å². The number of hydrogen-bond donors (Lipinski definition) is 1. The summed E-state index contributed by atoms with van der Waals surface area (Å²) in [7, 11) is -3.19. The highest BCUT2D eigenvalue weighted by molar-refractivity contribution is 7.92. The molecule has 1 heterocycles. The number of benzene rings is 1. The molecule has 1 aromatic rings. The van der Waals surface area contributed by atoms with Crippen LogP contribution in [-0.4, -0.2) is 71.7 Å².